The number of likely N-dealkylation sites (N-methyl/N-ethyl adjacent to an activating group) is 1. The molecule has 25 heavy (non-hydrogen) atoms. The van der Waals surface area contributed by atoms with Crippen LogP contribution in [0, 0.1) is 10.5 Å². The Labute approximate surface area is 163 Å². The Bertz CT molecular complexity index is 820. The summed E-state index contributed by atoms with van der Waals surface area (Å²) in [7, 11) is 0. The fourth-order valence-corrected chi connectivity index (χ4v) is 4.45. The minimum atomic E-state index is 0.964. The van der Waals surface area contributed by atoms with E-state index in [0.717, 1.165) is 50.7 Å². The number of aryl methyl sites for hydroxylation is 1. The Morgan fingerprint density at radius 3 is 2.64 bits per heavy atom. The van der Waals surface area contributed by atoms with E-state index in [-0.39, 0.29) is 0 Å². The van der Waals surface area contributed by atoms with Crippen molar-refractivity contribution in [2.24, 2.45) is 4.99 Å². The molecule has 1 saturated heterocycles. The summed E-state index contributed by atoms with van der Waals surface area (Å²) in [5, 5.41) is 0. The molecule has 4 heteroatoms. The summed E-state index contributed by atoms with van der Waals surface area (Å²) in [5.74, 6) is 1.16. The van der Waals surface area contributed by atoms with Crippen LogP contribution >= 0.6 is 22.6 Å². The Morgan fingerprint density at radius 2 is 1.88 bits per heavy atom. The van der Waals surface area contributed by atoms with Crippen LogP contribution in [-0.2, 0) is 6.42 Å². The first-order valence-electron chi connectivity index (χ1n) is 9.09. The second-order valence-corrected chi connectivity index (χ2v) is 8.09. The molecule has 2 aliphatic heterocycles. The Morgan fingerprint density at radius 1 is 1.08 bits per heavy atom. The number of piperazine rings is 1. The molecule has 0 aliphatic carbocycles. The van der Waals surface area contributed by atoms with Gasteiger partial charge in [-0.1, -0.05) is 31.2 Å². The molecular formula is C21H24IN3. The lowest BCUT2D eigenvalue weighted by atomic mass is 9.98. The molecule has 0 amide bonds. The van der Waals surface area contributed by atoms with Gasteiger partial charge in [0.2, 0.25) is 0 Å². The van der Waals surface area contributed by atoms with Crippen molar-refractivity contribution in [2.75, 3.05) is 32.7 Å². The van der Waals surface area contributed by atoms with Crippen LogP contribution in [0.15, 0.2) is 41.4 Å². The predicted octanol–water partition coefficient (Wildman–Crippen LogP) is 4.22. The molecule has 0 N–H and O–H groups in total. The van der Waals surface area contributed by atoms with Gasteiger partial charge in [0.1, 0.15) is 5.84 Å². The second-order valence-electron chi connectivity index (χ2n) is 6.93. The highest BCUT2D eigenvalue weighted by Gasteiger charge is 2.25. The van der Waals surface area contributed by atoms with Crippen LogP contribution in [0.3, 0.4) is 0 Å². The van der Waals surface area contributed by atoms with Crippen molar-refractivity contribution in [1.82, 2.24) is 9.80 Å². The van der Waals surface area contributed by atoms with Gasteiger partial charge in [-0.25, -0.2) is 4.99 Å². The van der Waals surface area contributed by atoms with E-state index in [9.17, 15) is 0 Å². The molecular weight excluding hydrogens is 421 g/mol. The lowest BCUT2D eigenvalue weighted by Gasteiger charge is -2.36. The van der Waals surface area contributed by atoms with Crippen LogP contribution in [0.4, 0.5) is 5.69 Å². The van der Waals surface area contributed by atoms with Crippen molar-refractivity contribution in [3.8, 4) is 0 Å². The van der Waals surface area contributed by atoms with Gasteiger partial charge in [0, 0.05) is 41.7 Å². The molecule has 0 unspecified atom stereocenters. The number of nitrogens with zero attached hydrogens (tertiary/aromatic N) is 3. The van der Waals surface area contributed by atoms with E-state index < -0.39 is 0 Å². The van der Waals surface area contributed by atoms with Crippen molar-refractivity contribution in [2.45, 2.75) is 20.3 Å². The molecule has 0 radical (unpaired) electrons. The minimum absolute atomic E-state index is 0.964. The van der Waals surface area contributed by atoms with Crippen molar-refractivity contribution < 1.29 is 0 Å². The Kier molecular flexibility index (Phi) is 4.82. The summed E-state index contributed by atoms with van der Waals surface area (Å²) < 4.78 is 1.34. The fourth-order valence-electron chi connectivity index (χ4n) is 3.76. The summed E-state index contributed by atoms with van der Waals surface area (Å²) >= 11 is 2.47. The topological polar surface area (TPSA) is 18.8 Å². The summed E-state index contributed by atoms with van der Waals surface area (Å²) in [5.41, 5.74) is 6.48. The number of hydrogen-bond acceptors (Lipinski definition) is 3. The predicted molar refractivity (Wildman–Crippen MR) is 113 cm³/mol. The Balaban J connectivity index is 1.81. The van der Waals surface area contributed by atoms with E-state index in [1.165, 1.54) is 25.8 Å². The third kappa shape index (κ3) is 3.34. The van der Waals surface area contributed by atoms with Gasteiger partial charge in [0.25, 0.3) is 0 Å². The monoisotopic (exact) mass is 445 g/mol. The maximum absolute atomic E-state index is 5.18. The largest absolute Gasteiger partial charge is 0.354 e. The minimum Gasteiger partial charge on any atom is -0.354 e. The van der Waals surface area contributed by atoms with Crippen LogP contribution in [-0.4, -0.2) is 48.4 Å². The first-order valence-corrected chi connectivity index (χ1v) is 10.2. The highest BCUT2D eigenvalue weighted by atomic mass is 127. The highest BCUT2D eigenvalue weighted by Crippen LogP contribution is 2.32. The maximum Gasteiger partial charge on any atom is 0.136 e. The summed E-state index contributed by atoms with van der Waals surface area (Å²) in [6, 6.07) is 13.3. The number of benzene rings is 2. The molecule has 3 nitrogen and oxygen atoms in total. The zero-order valence-corrected chi connectivity index (χ0v) is 17.1. The summed E-state index contributed by atoms with van der Waals surface area (Å²) in [6.07, 6.45) is 0.964. The van der Waals surface area contributed by atoms with Gasteiger partial charge in [-0.2, -0.15) is 0 Å². The first kappa shape index (κ1) is 17.0. The van der Waals surface area contributed by atoms with E-state index in [0.29, 0.717) is 0 Å². The molecule has 0 bridgehead atoms. The van der Waals surface area contributed by atoms with E-state index in [4.69, 9.17) is 4.99 Å². The van der Waals surface area contributed by atoms with Gasteiger partial charge in [0.05, 0.1) is 5.69 Å². The molecule has 130 valence electrons. The average molecular weight is 445 g/mol. The van der Waals surface area contributed by atoms with E-state index in [2.05, 4.69) is 82.6 Å². The number of rotatable bonds is 1. The van der Waals surface area contributed by atoms with Gasteiger partial charge < -0.3 is 9.80 Å². The number of fused-ring (bicyclic) bond motifs is 2. The number of amidine groups is 1. The molecule has 1 fully saturated rings. The van der Waals surface area contributed by atoms with Crippen molar-refractivity contribution in [3.63, 3.8) is 0 Å². The lowest BCUT2D eigenvalue weighted by molar-refractivity contribution is 0.190. The fraction of sp³-hybridized carbons (Fsp3) is 0.381. The first-order chi connectivity index (χ1) is 12.2. The van der Waals surface area contributed by atoms with Gasteiger partial charge in [-0.05, 0) is 64.9 Å². The van der Waals surface area contributed by atoms with E-state index in [1.54, 1.807) is 0 Å². The molecule has 2 heterocycles. The lowest BCUT2D eigenvalue weighted by Crippen LogP contribution is -2.48. The van der Waals surface area contributed by atoms with E-state index >= 15 is 0 Å². The summed E-state index contributed by atoms with van der Waals surface area (Å²) in [4.78, 5) is 10.2. The summed E-state index contributed by atoms with van der Waals surface area (Å²) in [6.45, 7) is 9.88. The van der Waals surface area contributed by atoms with Gasteiger partial charge in [0.15, 0.2) is 0 Å². The second kappa shape index (κ2) is 7.08. The van der Waals surface area contributed by atoms with Crippen LogP contribution < -0.4 is 0 Å². The number of aliphatic imine (C=N–C) groups is 1. The molecule has 0 aromatic heterocycles. The zero-order chi connectivity index (χ0) is 17.4. The quantitative estimate of drug-likeness (QED) is 0.613. The van der Waals surface area contributed by atoms with Crippen molar-refractivity contribution >= 4 is 34.1 Å². The van der Waals surface area contributed by atoms with Gasteiger partial charge in [-0.15, -0.1) is 0 Å². The molecule has 2 aliphatic rings. The van der Waals surface area contributed by atoms with Crippen molar-refractivity contribution in [3.05, 3.63) is 62.2 Å². The number of hydrogen-bond donors (Lipinski definition) is 0. The molecule has 0 spiro atoms. The van der Waals surface area contributed by atoms with Gasteiger partial charge in [-0.3, -0.25) is 0 Å². The smallest absolute Gasteiger partial charge is 0.136 e. The standard InChI is InChI=1S/C21H24IN3/c1-3-24-9-11-25(12-10-24)21-17-5-4-6-19(22)18(17)14-16-8-7-15(2)13-20(16)23-21/h4-8,13H,3,9-12,14H2,1-2H3. The van der Waals surface area contributed by atoms with Crippen LogP contribution in [0.1, 0.15) is 29.2 Å². The van der Waals surface area contributed by atoms with Crippen LogP contribution in [0.5, 0.6) is 0 Å². The SMILES string of the molecule is CCN1CCN(C2=Nc3cc(C)ccc3Cc3c(I)cccc32)CC1. The maximum atomic E-state index is 5.18. The molecule has 4 rings (SSSR count). The van der Waals surface area contributed by atoms with Crippen LogP contribution in [0.2, 0.25) is 0 Å². The van der Waals surface area contributed by atoms with Gasteiger partial charge >= 0.3 is 0 Å². The third-order valence-electron chi connectivity index (χ3n) is 5.31. The molecule has 2 aromatic carbocycles. The Hall–Kier alpha value is -1.40. The zero-order valence-electron chi connectivity index (χ0n) is 14.9. The number of halogens is 1. The normalized spacial score (nSPS) is 17.6. The molecule has 0 atom stereocenters. The molecule has 2 aromatic rings. The van der Waals surface area contributed by atoms with Crippen LogP contribution in [0.25, 0.3) is 0 Å². The van der Waals surface area contributed by atoms with E-state index in [1.807, 2.05) is 0 Å². The molecule has 0 saturated carbocycles. The highest BCUT2D eigenvalue weighted by molar-refractivity contribution is 14.1. The average Bonchev–Trinajstić information content (AvgIpc) is 2.79. The third-order valence-corrected chi connectivity index (χ3v) is 6.32. The van der Waals surface area contributed by atoms with Crippen molar-refractivity contribution in [1.29, 1.82) is 0 Å².